The lowest BCUT2D eigenvalue weighted by Gasteiger charge is -2.16. The molecular formula is C23H20O2. The van der Waals surface area contributed by atoms with E-state index in [-0.39, 0.29) is 13.2 Å². The van der Waals surface area contributed by atoms with Crippen molar-refractivity contribution in [1.82, 2.24) is 0 Å². The summed E-state index contributed by atoms with van der Waals surface area (Å²) in [5.41, 5.74) is 4.14. The Balaban J connectivity index is 1.97. The molecule has 0 saturated carbocycles. The quantitative estimate of drug-likeness (QED) is 0.576. The van der Waals surface area contributed by atoms with Crippen LogP contribution in [-0.2, 0) is 19.6 Å². The van der Waals surface area contributed by atoms with Crippen molar-refractivity contribution in [3.8, 4) is 0 Å². The van der Waals surface area contributed by atoms with Crippen LogP contribution in [0.1, 0.15) is 22.3 Å². The first kappa shape index (κ1) is 15.8. The van der Waals surface area contributed by atoms with Crippen LogP contribution in [0.25, 0.3) is 21.5 Å². The van der Waals surface area contributed by atoms with Crippen LogP contribution in [0.5, 0.6) is 0 Å². The largest absolute Gasteiger partial charge is 0.392 e. The summed E-state index contributed by atoms with van der Waals surface area (Å²) in [5.74, 6) is 0. The Morgan fingerprint density at radius 1 is 0.520 bits per heavy atom. The molecule has 0 unspecified atom stereocenters. The highest BCUT2D eigenvalue weighted by atomic mass is 16.3. The van der Waals surface area contributed by atoms with Crippen molar-refractivity contribution in [3.63, 3.8) is 0 Å². The molecule has 4 aromatic carbocycles. The van der Waals surface area contributed by atoms with Gasteiger partial charge in [0, 0.05) is 0 Å². The Bertz CT molecular complexity index is 965. The van der Waals surface area contributed by atoms with Gasteiger partial charge in [0.05, 0.1) is 13.2 Å². The third-order valence-corrected chi connectivity index (χ3v) is 4.97. The number of hydrogen-bond acceptors (Lipinski definition) is 2. The zero-order chi connectivity index (χ0) is 17.2. The minimum atomic E-state index is 0.0133. The van der Waals surface area contributed by atoms with Crippen LogP contribution in [0.2, 0.25) is 0 Å². The van der Waals surface area contributed by atoms with Gasteiger partial charge in [-0.3, -0.25) is 0 Å². The second-order valence-corrected chi connectivity index (χ2v) is 6.34. The van der Waals surface area contributed by atoms with Gasteiger partial charge in [-0.2, -0.15) is 0 Å². The zero-order valence-corrected chi connectivity index (χ0v) is 13.9. The van der Waals surface area contributed by atoms with Crippen LogP contribution in [0, 0.1) is 0 Å². The first-order chi connectivity index (χ1) is 12.3. The average molecular weight is 328 g/mol. The summed E-state index contributed by atoms with van der Waals surface area (Å²) < 4.78 is 0. The van der Waals surface area contributed by atoms with Crippen molar-refractivity contribution in [2.45, 2.75) is 19.6 Å². The van der Waals surface area contributed by atoms with E-state index in [0.717, 1.165) is 33.0 Å². The zero-order valence-electron chi connectivity index (χ0n) is 13.9. The molecule has 0 heterocycles. The minimum absolute atomic E-state index is 0.0133. The molecule has 2 nitrogen and oxygen atoms in total. The van der Waals surface area contributed by atoms with Gasteiger partial charge in [0.2, 0.25) is 0 Å². The maximum Gasteiger partial charge on any atom is 0.0684 e. The van der Waals surface area contributed by atoms with Crippen LogP contribution in [0.3, 0.4) is 0 Å². The van der Waals surface area contributed by atoms with Gasteiger partial charge in [-0.1, -0.05) is 72.8 Å². The van der Waals surface area contributed by atoms with Gasteiger partial charge in [-0.05, 0) is 50.2 Å². The van der Waals surface area contributed by atoms with Crippen molar-refractivity contribution in [2.75, 3.05) is 0 Å². The molecule has 0 aliphatic heterocycles. The standard InChI is InChI=1S/C23H20O2/c24-14-18-11-9-16-5-1-3-7-20(16)22(18)13-23-19(15-25)12-10-17-6-2-4-8-21(17)23/h1-12,24-25H,13-15H2. The molecule has 124 valence electrons. The van der Waals surface area contributed by atoms with E-state index < -0.39 is 0 Å². The van der Waals surface area contributed by atoms with Crippen LogP contribution in [-0.4, -0.2) is 10.2 Å². The second-order valence-electron chi connectivity index (χ2n) is 6.34. The summed E-state index contributed by atoms with van der Waals surface area (Å²) in [6.45, 7) is 0.0266. The molecule has 0 fully saturated rings. The molecule has 2 heteroatoms. The lowest BCUT2D eigenvalue weighted by Crippen LogP contribution is -2.02. The highest BCUT2D eigenvalue weighted by Gasteiger charge is 2.13. The third kappa shape index (κ3) is 2.80. The fourth-order valence-electron chi connectivity index (χ4n) is 3.65. The number of rotatable bonds is 4. The molecule has 0 aliphatic rings. The number of aliphatic hydroxyl groups excluding tert-OH is 2. The van der Waals surface area contributed by atoms with Gasteiger partial charge in [-0.15, -0.1) is 0 Å². The Morgan fingerprint density at radius 2 is 0.960 bits per heavy atom. The highest BCUT2D eigenvalue weighted by molar-refractivity contribution is 5.90. The first-order valence-electron chi connectivity index (χ1n) is 8.52. The van der Waals surface area contributed by atoms with Gasteiger partial charge >= 0.3 is 0 Å². The van der Waals surface area contributed by atoms with Crippen molar-refractivity contribution in [1.29, 1.82) is 0 Å². The van der Waals surface area contributed by atoms with Gasteiger partial charge in [-0.25, -0.2) is 0 Å². The Labute approximate surface area is 147 Å². The molecule has 0 spiro atoms. The fraction of sp³-hybridized carbons (Fsp3) is 0.130. The van der Waals surface area contributed by atoms with Crippen molar-refractivity contribution in [3.05, 3.63) is 95.1 Å². The van der Waals surface area contributed by atoms with Gasteiger partial charge in [0.25, 0.3) is 0 Å². The first-order valence-corrected chi connectivity index (χ1v) is 8.52. The minimum Gasteiger partial charge on any atom is -0.392 e. The van der Waals surface area contributed by atoms with Crippen LogP contribution >= 0.6 is 0 Å². The Kier molecular flexibility index (Phi) is 4.22. The van der Waals surface area contributed by atoms with Crippen molar-refractivity contribution >= 4 is 21.5 Å². The van der Waals surface area contributed by atoms with E-state index >= 15 is 0 Å². The third-order valence-electron chi connectivity index (χ3n) is 4.97. The molecule has 4 aromatic rings. The summed E-state index contributed by atoms with van der Waals surface area (Å²) >= 11 is 0. The van der Waals surface area contributed by atoms with E-state index in [0.29, 0.717) is 6.42 Å². The van der Waals surface area contributed by atoms with Crippen molar-refractivity contribution in [2.24, 2.45) is 0 Å². The molecule has 0 aromatic heterocycles. The van der Waals surface area contributed by atoms with Gasteiger partial charge < -0.3 is 10.2 Å². The smallest absolute Gasteiger partial charge is 0.0684 e. The Morgan fingerprint density at radius 3 is 1.40 bits per heavy atom. The molecule has 0 aliphatic carbocycles. The average Bonchev–Trinajstić information content (AvgIpc) is 2.68. The summed E-state index contributed by atoms with van der Waals surface area (Å²) in [7, 11) is 0. The summed E-state index contributed by atoms with van der Waals surface area (Å²) in [6, 6.07) is 24.6. The van der Waals surface area contributed by atoms with Crippen LogP contribution in [0.4, 0.5) is 0 Å². The fourth-order valence-corrected chi connectivity index (χ4v) is 3.65. The summed E-state index contributed by atoms with van der Waals surface area (Å²) in [5, 5.41) is 24.3. The van der Waals surface area contributed by atoms with E-state index in [4.69, 9.17) is 0 Å². The molecule has 2 N–H and O–H groups in total. The normalized spacial score (nSPS) is 11.3. The van der Waals surface area contributed by atoms with E-state index in [1.807, 2.05) is 36.4 Å². The predicted octanol–water partition coefficient (Wildman–Crippen LogP) is 4.57. The maximum absolute atomic E-state index is 9.85. The van der Waals surface area contributed by atoms with E-state index in [2.05, 4.69) is 36.4 Å². The topological polar surface area (TPSA) is 40.5 Å². The molecular weight excluding hydrogens is 308 g/mol. The van der Waals surface area contributed by atoms with Crippen LogP contribution in [0.15, 0.2) is 72.8 Å². The highest BCUT2D eigenvalue weighted by Crippen LogP contribution is 2.30. The predicted molar refractivity (Wildman–Crippen MR) is 103 cm³/mol. The van der Waals surface area contributed by atoms with Gasteiger partial charge in [0.15, 0.2) is 0 Å². The maximum atomic E-state index is 9.85. The second kappa shape index (κ2) is 6.67. The number of fused-ring (bicyclic) bond motifs is 2. The number of benzene rings is 4. The van der Waals surface area contributed by atoms with Crippen molar-refractivity contribution < 1.29 is 10.2 Å². The molecule has 0 amide bonds. The van der Waals surface area contributed by atoms with E-state index in [9.17, 15) is 10.2 Å². The Hall–Kier alpha value is -2.68. The van der Waals surface area contributed by atoms with Crippen LogP contribution < -0.4 is 0 Å². The molecule has 0 radical (unpaired) electrons. The molecule has 25 heavy (non-hydrogen) atoms. The molecule has 4 rings (SSSR count). The number of aliphatic hydroxyl groups is 2. The van der Waals surface area contributed by atoms with E-state index in [1.165, 1.54) is 10.8 Å². The number of hydrogen-bond donors (Lipinski definition) is 2. The lowest BCUT2D eigenvalue weighted by atomic mass is 9.89. The molecule has 0 atom stereocenters. The summed E-state index contributed by atoms with van der Waals surface area (Å²) in [6.07, 6.45) is 0.689. The monoisotopic (exact) mass is 328 g/mol. The molecule has 0 saturated heterocycles. The lowest BCUT2D eigenvalue weighted by molar-refractivity contribution is 0.280. The SMILES string of the molecule is OCc1ccc2ccccc2c1Cc1c(CO)ccc2ccccc12. The van der Waals surface area contributed by atoms with E-state index in [1.54, 1.807) is 0 Å². The molecule has 0 bridgehead atoms. The summed E-state index contributed by atoms with van der Waals surface area (Å²) in [4.78, 5) is 0. The van der Waals surface area contributed by atoms with Gasteiger partial charge in [0.1, 0.15) is 0 Å².